The molecule has 0 aliphatic heterocycles. The normalized spacial score (nSPS) is 12.2. The highest BCUT2D eigenvalue weighted by Crippen LogP contribution is 2.21. The number of halogens is 3. The molecule has 1 aromatic carbocycles. The van der Waals surface area contributed by atoms with Gasteiger partial charge in [-0.3, -0.25) is 0 Å². The number of alkyl halides is 3. The van der Waals surface area contributed by atoms with E-state index < -0.39 is 12.8 Å². The molecular formula is C14H17F3N2O. The number of nitrogens with two attached hydrogens (primary N) is 1. The molecule has 0 aliphatic carbocycles. The van der Waals surface area contributed by atoms with E-state index in [1.807, 2.05) is 35.0 Å². The van der Waals surface area contributed by atoms with Crippen LogP contribution in [0.4, 0.5) is 13.2 Å². The number of aromatic nitrogens is 1. The number of nitrogens with zero attached hydrogens (tertiary/aromatic N) is 1. The van der Waals surface area contributed by atoms with Gasteiger partial charge >= 0.3 is 6.18 Å². The smallest absolute Gasteiger partial charge is 0.370 e. The molecule has 20 heavy (non-hydrogen) atoms. The first-order chi connectivity index (χ1) is 9.51. The molecule has 6 heteroatoms. The van der Waals surface area contributed by atoms with Crippen molar-refractivity contribution in [1.82, 2.24) is 4.57 Å². The summed E-state index contributed by atoms with van der Waals surface area (Å²) in [5.74, 6) is 0. The van der Waals surface area contributed by atoms with Crippen molar-refractivity contribution in [3.63, 3.8) is 0 Å². The zero-order valence-electron chi connectivity index (χ0n) is 11.0. The van der Waals surface area contributed by atoms with E-state index in [9.17, 15) is 13.2 Å². The summed E-state index contributed by atoms with van der Waals surface area (Å²) < 4.78 is 42.5. The van der Waals surface area contributed by atoms with Crippen LogP contribution in [-0.2, 0) is 17.7 Å². The van der Waals surface area contributed by atoms with Crippen molar-refractivity contribution in [3.05, 3.63) is 36.0 Å². The molecular weight excluding hydrogens is 269 g/mol. The van der Waals surface area contributed by atoms with E-state index in [0.717, 1.165) is 22.9 Å². The summed E-state index contributed by atoms with van der Waals surface area (Å²) in [5, 5.41) is 1.06. The first-order valence-corrected chi connectivity index (χ1v) is 6.42. The molecule has 0 bridgehead atoms. The van der Waals surface area contributed by atoms with Crippen LogP contribution in [-0.4, -0.2) is 30.5 Å². The minimum absolute atomic E-state index is 0.0280. The zero-order valence-corrected chi connectivity index (χ0v) is 11.0. The van der Waals surface area contributed by atoms with Crippen LogP contribution in [0.3, 0.4) is 0 Å². The Balaban J connectivity index is 2.06. The lowest BCUT2D eigenvalue weighted by atomic mass is 10.1. The average Bonchev–Trinajstić information content (AvgIpc) is 2.78. The molecule has 0 aliphatic rings. The van der Waals surface area contributed by atoms with Gasteiger partial charge in [0.15, 0.2) is 0 Å². The Morgan fingerprint density at radius 1 is 1.20 bits per heavy atom. The van der Waals surface area contributed by atoms with Crippen LogP contribution in [0.2, 0.25) is 0 Å². The zero-order chi connectivity index (χ0) is 14.6. The highest BCUT2D eigenvalue weighted by atomic mass is 19.4. The summed E-state index contributed by atoms with van der Waals surface area (Å²) in [6.07, 6.45) is -1.67. The summed E-state index contributed by atoms with van der Waals surface area (Å²) in [6, 6.07) is 7.86. The Hall–Kier alpha value is -1.53. The number of benzene rings is 1. The van der Waals surface area contributed by atoms with Crippen molar-refractivity contribution >= 4 is 10.9 Å². The van der Waals surface area contributed by atoms with Crippen molar-refractivity contribution in [3.8, 4) is 0 Å². The molecule has 0 saturated carbocycles. The van der Waals surface area contributed by atoms with Crippen molar-refractivity contribution < 1.29 is 17.9 Å². The van der Waals surface area contributed by atoms with Crippen LogP contribution in [0, 0.1) is 0 Å². The van der Waals surface area contributed by atoms with Crippen LogP contribution in [0.5, 0.6) is 0 Å². The third-order valence-electron chi connectivity index (χ3n) is 3.03. The SMILES string of the molecule is NCCc1cccc2ccn(CCOCC(F)(F)F)c12. The number of rotatable bonds is 6. The monoisotopic (exact) mass is 286 g/mol. The first-order valence-electron chi connectivity index (χ1n) is 6.42. The number of para-hydroxylation sites is 1. The second kappa shape index (κ2) is 6.28. The lowest BCUT2D eigenvalue weighted by Gasteiger charge is -2.11. The van der Waals surface area contributed by atoms with E-state index in [4.69, 9.17) is 5.73 Å². The maximum atomic E-state index is 12.0. The van der Waals surface area contributed by atoms with Gasteiger partial charge in [0.1, 0.15) is 6.61 Å². The quantitative estimate of drug-likeness (QED) is 0.829. The predicted octanol–water partition coefficient (Wildman–Crippen LogP) is 2.72. The number of fused-ring (bicyclic) bond motifs is 1. The summed E-state index contributed by atoms with van der Waals surface area (Å²) in [5.41, 5.74) is 7.71. The first kappa shape index (κ1) is 14.9. The molecule has 1 aromatic heterocycles. The lowest BCUT2D eigenvalue weighted by molar-refractivity contribution is -0.174. The van der Waals surface area contributed by atoms with Gasteiger partial charge in [-0.05, 0) is 30.0 Å². The number of hydrogen-bond donors (Lipinski definition) is 1. The predicted molar refractivity (Wildman–Crippen MR) is 71.6 cm³/mol. The molecule has 0 spiro atoms. The molecule has 0 atom stereocenters. The van der Waals surface area contributed by atoms with E-state index in [2.05, 4.69) is 4.74 Å². The Morgan fingerprint density at radius 3 is 2.70 bits per heavy atom. The van der Waals surface area contributed by atoms with E-state index in [1.165, 1.54) is 0 Å². The summed E-state index contributed by atoms with van der Waals surface area (Å²) in [7, 11) is 0. The molecule has 0 radical (unpaired) electrons. The molecule has 110 valence electrons. The molecule has 2 N–H and O–H groups in total. The molecule has 0 fully saturated rings. The molecule has 0 unspecified atom stereocenters. The molecule has 0 saturated heterocycles. The second-order valence-corrected chi connectivity index (χ2v) is 4.57. The van der Waals surface area contributed by atoms with Crippen LogP contribution in [0.25, 0.3) is 10.9 Å². The van der Waals surface area contributed by atoms with E-state index in [0.29, 0.717) is 13.1 Å². The average molecular weight is 286 g/mol. The Bertz CT molecular complexity index is 563. The third kappa shape index (κ3) is 3.74. The van der Waals surface area contributed by atoms with Gasteiger partial charge in [0.05, 0.1) is 12.1 Å². The number of hydrogen-bond acceptors (Lipinski definition) is 2. The largest absolute Gasteiger partial charge is 0.411 e. The Morgan fingerprint density at radius 2 is 2.00 bits per heavy atom. The maximum absolute atomic E-state index is 12.0. The highest BCUT2D eigenvalue weighted by Gasteiger charge is 2.27. The van der Waals surface area contributed by atoms with Crippen LogP contribution in [0.15, 0.2) is 30.5 Å². The van der Waals surface area contributed by atoms with Gasteiger partial charge in [-0.2, -0.15) is 13.2 Å². The van der Waals surface area contributed by atoms with Gasteiger partial charge in [-0.25, -0.2) is 0 Å². The summed E-state index contributed by atoms with van der Waals surface area (Å²) >= 11 is 0. The third-order valence-corrected chi connectivity index (χ3v) is 3.03. The fourth-order valence-corrected chi connectivity index (χ4v) is 2.24. The van der Waals surface area contributed by atoms with Crippen LogP contribution < -0.4 is 5.73 Å². The Labute approximate surface area is 115 Å². The Kier molecular flexibility index (Phi) is 4.67. The van der Waals surface area contributed by atoms with Crippen molar-refractivity contribution in [2.24, 2.45) is 5.73 Å². The highest BCUT2D eigenvalue weighted by molar-refractivity contribution is 5.83. The fraction of sp³-hybridized carbons (Fsp3) is 0.429. The topological polar surface area (TPSA) is 40.2 Å². The van der Waals surface area contributed by atoms with Crippen molar-refractivity contribution in [1.29, 1.82) is 0 Å². The minimum Gasteiger partial charge on any atom is -0.370 e. The van der Waals surface area contributed by atoms with Gasteiger partial charge in [0, 0.05) is 12.7 Å². The van der Waals surface area contributed by atoms with Crippen LogP contribution in [0.1, 0.15) is 5.56 Å². The van der Waals surface area contributed by atoms with Crippen molar-refractivity contribution in [2.45, 2.75) is 19.1 Å². The van der Waals surface area contributed by atoms with Gasteiger partial charge in [0.25, 0.3) is 0 Å². The fourth-order valence-electron chi connectivity index (χ4n) is 2.24. The molecule has 2 rings (SSSR count). The molecule has 0 amide bonds. The standard InChI is InChI=1S/C14H17F3N2O/c15-14(16,17)10-20-9-8-19-7-5-12-3-1-2-11(4-6-18)13(12)19/h1-3,5,7H,4,6,8-10,18H2. The minimum atomic E-state index is -4.27. The van der Waals surface area contributed by atoms with Gasteiger partial charge in [-0.1, -0.05) is 18.2 Å². The molecule has 2 aromatic rings. The summed E-state index contributed by atoms with van der Waals surface area (Å²) in [4.78, 5) is 0. The number of ether oxygens (including phenoxy) is 1. The van der Waals surface area contributed by atoms with Gasteiger partial charge in [0.2, 0.25) is 0 Å². The van der Waals surface area contributed by atoms with E-state index in [-0.39, 0.29) is 6.61 Å². The van der Waals surface area contributed by atoms with Crippen molar-refractivity contribution in [2.75, 3.05) is 19.8 Å². The maximum Gasteiger partial charge on any atom is 0.411 e. The molecule has 1 heterocycles. The van der Waals surface area contributed by atoms with E-state index in [1.54, 1.807) is 0 Å². The van der Waals surface area contributed by atoms with Crippen LogP contribution >= 0.6 is 0 Å². The van der Waals surface area contributed by atoms with E-state index >= 15 is 0 Å². The second-order valence-electron chi connectivity index (χ2n) is 4.57. The van der Waals surface area contributed by atoms with Gasteiger partial charge in [-0.15, -0.1) is 0 Å². The summed E-state index contributed by atoms with van der Waals surface area (Å²) in [6.45, 7) is -0.252. The lowest BCUT2D eigenvalue weighted by Crippen LogP contribution is -2.19. The van der Waals surface area contributed by atoms with Gasteiger partial charge < -0.3 is 15.0 Å². The molecule has 3 nitrogen and oxygen atoms in total.